The predicted octanol–water partition coefficient (Wildman–Crippen LogP) is 2.15. The lowest BCUT2D eigenvalue weighted by molar-refractivity contribution is -0.384. The lowest BCUT2D eigenvalue weighted by Crippen LogP contribution is -2.34. The Morgan fingerprint density at radius 1 is 1.32 bits per heavy atom. The Labute approximate surface area is 149 Å². The molecule has 0 heterocycles. The molecular formula is C15H19N3O6S. The molecule has 0 aliphatic rings. The third kappa shape index (κ3) is 7.12. The van der Waals surface area contributed by atoms with Crippen molar-refractivity contribution in [2.75, 3.05) is 19.0 Å². The fourth-order valence-corrected chi connectivity index (χ4v) is 1.98. The van der Waals surface area contributed by atoms with Crippen LogP contribution in [-0.2, 0) is 14.3 Å². The second-order valence-electron chi connectivity index (χ2n) is 4.86. The number of esters is 1. The summed E-state index contributed by atoms with van der Waals surface area (Å²) in [7, 11) is 1.40. The molecule has 0 spiro atoms. The van der Waals surface area contributed by atoms with Gasteiger partial charge in [-0.1, -0.05) is 6.92 Å². The Kier molecular flexibility index (Phi) is 8.27. The third-order valence-corrected chi connectivity index (χ3v) is 3.12. The summed E-state index contributed by atoms with van der Waals surface area (Å²) in [4.78, 5) is 33.4. The van der Waals surface area contributed by atoms with E-state index in [1.54, 1.807) is 0 Å². The largest absolute Gasteiger partial charge is 0.495 e. The molecule has 10 heteroatoms. The summed E-state index contributed by atoms with van der Waals surface area (Å²) in [5.41, 5.74) is 0.0838. The first-order chi connectivity index (χ1) is 11.9. The lowest BCUT2D eigenvalue weighted by atomic mass is 10.2. The maximum atomic E-state index is 11.8. The molecule has 0 saturated carbocycles. The number of anilines is 1. The van der Waals surface area contributed by atoms with Gasteiger partial charge in [-0.2, -0.15) is 0 Å². The van der Waals surface area contributed by atoms with Crippen LogP contribution in [0.15, 0.2) is 18.2 Å². The van der Waals surface area contributed by atoms with Gasteiger partial charge in [0.25, 0.3) is 5.69 Å². The maximum Gasteiger partial charge on any atom is 0.306 e. The molecule has 1 amide bonds. The van der Waals surface area contributed by atoms with E-state index in [1.807, 2.05) is 6.92 Å². The van der Waals surface area contributed by atoms with Crippen LogP contribution in [0, 0.1) is 10.1 Å². The molecule has 0 aromatic heterocycles. The van der Waals surface area contributed by atoms with Crippen molar-refractivity contribution in [3.63, 3.8) is 0 Å². The Morgan fingerprint density at radius 3 is 2.64 bits per heavy atom. The quantitative estimate of drug-likeness (QED) is 0.309. The summed E-state index contributed by atoms with van der Waals surface area (Å²) >= 11 is 4.99. The molecule has 0 unspecified atom stereocenters. The first kappa shape index (κ1) is 20.3. The monoisotopic (exact) mass is 369 g/mol. The zero-order valence-corrected chi connectivity index (χ0v) is 14.7. The van der Waals surface area contributed by atoms with Gasteiger partial charge < -0.3 is 20.1 Å². The number of nitro benzene ring substituents is 1. The van der Waals surface area contributed by atoms with Crippen LogP contribution in [0.4, 0.5) is 11.4 Å². The topological polar surface area (TPSA) is 120 Å². The molecule has 0 bridgehead atoms. The Morgan fingerprint density at radius 2 is 2.04 bits per heavy atom. The standard InChI is InChI=1S/C15H19N3O6S/c1-3-8-24-14(20)7-6-13(19)17-15(25)16-11-9-10(18(21)22)4-5-12(11)23-2/h4-5,9H,3,6-8H2,1-2H3,(H2,16,17,19,25). The second kappa shape index (κ2) is 10.2. The first-order valence-corrected chi connectivity index (χ1v) is 7.87. The molecule has 0 atom stereocenters. The van der Waals surface area contributed by atoms with Gasteiger partial charge in [0, 0.05) is 18.6 Å². The van der Waals surface area contributed by atoms with Crippen molar-refractivity contribution in [2.24, 2.45) is 0 Å². The maximum absolute atomic E-state index is 11.8. The zero-order valence-electron chi connectivity index (χ0n) is 13.9. The molecule has 2 N–H and O–H groups in total. The van der Waals surface area contributed by atoms with E-state index in [9.17, 15) is 19.7 Å². The number of hydrogen-bond acceptors (Lipinski definition) is 7. The number of methoxy groups -OCH3 is 1. The number of nitrogens with one attached hydrogen (secondary N) is 2. The highest BCUT2D eigenvalue weighted by Crippen LogP contribution is 2.28. The molecule has 0 radical (unpaired) electrons. The van der Waals surface area contributed by atoms with E-state index in [4.69, 9.17) is 21.7 Å². The minimum Gasteiger partial charge on any atom is -0.495 e. The normalized spacial score (nSPS) is 9.84. The van der Waals surface area contributed by atoms with Crippen LogP contribution < -0.4 is 15.4 Å². The predicted molar refractivity (Wildman–Crippen MR) is 94.5 cm³/mol. The number of nitrogens with zero attached hydrogens (tertiary/aromatic N) is 1. The van der Waals surface area contributed by atoms with Gasteiger partial charge in [0.1, 0.15) is 5.75 Å². The smallest absolute Gasteiger partial charge is 0.306 e. The van der Waals surface area contributed by atoms with E-state index in [0.717, 1.165) is 0 Å². The van der Waals surface area contributed by atoms with Crippen molar-refractivity contribution < 1.29 is 24.0 Å². The zero-order chi connectivity index (χ0) is 18.8. The molecule has 25 heavy (non-hydrogen) atoms. The van der Waals surface area contributed by atoms with Crippen molar-refractivity contribution in [3.8, 4) is 5.75 Å². The highest BCUT2D eigenvalue weighted by Gasteiger charge is 2.14. The molecule has 0 aliphatic heterocycles. The van der Waals surface area contributed by atoms with Gasteiger partial charge in [0.15, 0.2) is 5.11 Å². The van der Waals surface area contributed by atoms with E-state index in [0.29, 0.717) is 18.8 Å². The van der Waals surface area contributed by atoms with Crippen molar-refractivity contribution in [1.29, 1.82) is 0 Å². The van der Waals surface area contributed by atoms with Crippen molar-refractivity contribution >= 4 is 40.6 Å². The van der Waals surface area contributed by atoms with Gasteiger partial charge >= 0.3 is 5.97 Å². The van der Waals surface area contributed by atoms with E-state index in [1.165, 1.54) is 25.3 Å². The van der Waals surface area contributed by atoms with E-state index in [2.05, 4.69) is 10.6 Å². The molecule has 9 nitrogen and oxygen atoms in total. The number of carbonyl (C=O) groups excluding carboxylic acids is 2. The number of non-ortho nitro benzene ring substituents is 1. The summed E-state index contributed by atoms with van der Waals surface area (Å²) in [6.07, 6.45) is 0.558. The average molecular weight is 369 g/mol. The number of benzene rings is 1. The number of hydrogen-bond donors (Lipinski definition) is 2. The Balaban J connectivity index is 2.58. The van der Waals surface area contributed by atoms with Crippen molar-refractivity contribution in [1.82, 2.24) is 5.32 Å². The molecular weight excluding hydrogens is 350 g/mol. The summed E-state index contributed by atoms with van der Waals surface area (Å²) in [6, 6.07) is 3.93. The Bertz CT molecular complexity index is 665. The number of rotatable bonds is 8. The number of nitro groups is 1. The van der Waals surface area contributed by atoms with Crippen LogP contribution in [0.25, 0.3) is 0 Å². The van der Waals surface area contributed by atoms with E-state index < -0.39 is 16.8 Å². The summed E-state index contributed by atoms with van der Waals surface area (Å²) < 4.78 is 9.94. The van der Waals surface area contributed by atoms with E-state index in [-0.39, 0.29) is 29.3 Å². The number of thiocarbonyl (C=S) groups is 1. The molecule has 1 aromatic rings. The van der Waals surface area contributed by atoms with Gasteiger partial charge in [-0.3, -0.25) is 19.7 Å². The number of carbonyl (C=O) groups is 2. The van der Waals surface area contributed by atoms with Crippen molar-refractivity contribution in [3.05, 3.63) is 28.3 Å². The number of amides is 1. The Hall–Kier alpha value is -2.75. The fourth-order valence-electron chi connectivity index (χ4n) is 1.75. The van der Waals surface area contributed by atoms with Crippen LogP contribution in [0.5, 0.6) is 5.75 Å². The lowest BCUT2D eigenvalue weighted by Gasteiger charge is -2.12. The van der Waals surface area contributed by atoms with Crippen LogP contribution in [0.1, 0.15) is 26.2 Å². The minimum absolute atomic E-state index is 0.0609. The highest BCUT2D eigenvalue weighted by molar-refractivity contribution is 7.80. The van der Waals surface area contributed by atoms with Gasteiger partial charge in [-0.05, 0) is 24.7 Å². The summed E-state index contributed by atoms with van der Waals surface area (Å²) in [6.45, 7) is 2.18. The van der Waals surface area contributed by atoms with Gasteiger partial charge in [0.05, 0.1) is 30.7 Å². The fraction of sp³-hybridized carbons (Fsp3) is 0.400. The van der Waals surface area contributed by atoms with Crippen LogP contribution in [-0.4, -0.2) is 35.6 Å². The first-order valence-electron chi connectivity index (χ1n) is 7.46. The van der Waals surface area contributed by atoms with E-state index >= 15 is 0 Å². The van der Waals surface area contributed by atoms with Gasteiger partial charge in [-0.15, -0.1) is 0 Å². The molecule has 136 valence electrons. The number of ether oxygens (including phenoxy) is 2. The van der Waals surface area contributed by atoms with Crippen LogP contribution >= 0.6 is 12.2 Å². The SMILES string of the molecule is CCCOC(=O)CCC(=O)NC(=S)Nc1cc([N+](=O)[O-])ccc1OC. The molecule has 1 aromatic carbocycles. The average Bonchev–Trinajstić information content (AvgIpc) is 2.57. The highest BCUT2D eigenvalue weighted by atomic mass is 32.1. The summed E-state index contributed by atoms with van der Waals surface area (Å²) in [5, 5.41) is 15.8. The van der Waals surface area contributed by atoms with Crippen molar-refractivity contribution in [2.45, 2.75) is 26.2 Å². The van der Waals surface area contributed by atoms with Gasteiger partial charge in [0.2, 0.25) is 5.91 Å². The minimum atomic E-state index is -0.561. The van der Waals surface area contributed by atoms with Crippen LogP contribution in [0.3, 0.4) is 0 Å². The molecule has 0 saturated heterocycles. The summed E-state index contributed by atoms with van der Waals surface area (Å²) in [5.74, 6) is -0.614. The molecule has 0 aliphatic carbocycles. The second-order valence-corrected chi connectivity index (χ2v) is 5.27. The van der Waals surface area contributed by atoms with Gasteiger partial charge in [-0.25, -0.2) is 0 Å². The molecule has 1 rings (SSSR count). The molecule has 0 fully saturated rings. The van der Waals surface area contributed by atoms with Crippen LogP contribution in [0.2, 0.25) is 0 Å². The third-order valence-electron chi connectivity index (χ3n) is 2.92.